The molecule has 4 N–H and O–H groups in total. The summed E-state index contributed by atoms with van der Waals surface area (Å²) in [6, 6.07) is 4.97. The zero-order chi connectivity index (χ0) is 22.6. The monoisotopic (exact) mass is 416 g/mol. The molecule has 0 heterocycles. The summed E-state index contributed by atoms with van der Waals surface area (Å²) in [5.41, 5.74) is 10.8. The van der Waals surface area contributed by atoms with Crippen LogP contribution in [-0.4, -0.2) is 52.3 Å². The van der Waals surface area contributed by atoms with Gasteiger partial charge >= 0.3 is 23.9 Å². The molecule has 158 valence electrons. The summed E-state index contributed by atoms with van der Waals surface area (Å²) in [6.45, 7) is 0. The highest BCUT2D eigenvalue weighted by molar-refractivity contribution is 6.15. The number of nitrogens with two attached hydrogens (primary N) is 2. The molecule has 0 fully saturated rings. The van der Waals surface area contributed by atoms with Gasteiger partial charge in [0.15, 0.2) is 0 Å². The van der Waals surface area contributed by atoms with Crippen molar-refractivity contribution in [1.29, 1.82) is 0 Å². The summed E-state index contributed by atoms with van der Waals surface area (Å²) in [5.74, 6) is -3.48. The van der Waals surface area contributed by atoms with E-state index in [1.165, 1.54) is 24.3 Å². The fourth-order valence-corrected chi connectivity index (χ4v) is 2.95. The van der Waals surface area contributed by atoms with Crippen LogP contribution in [0.3, 0.4) is 0 Å². The lowest BCUT2D eigenvalue weighted by Crippen LogP contribution is -2.17. The predicted molar refractivity (Wildman–Crippen MR) is 106 cm³/mol. The van der Waals surface area contributed by atoms with Gasteiger partial charge in [0.25, 0.3) is 0 Å². The molecule has 0 atom stereocenters. The van der Waals surface area contributed by atoms with Gasteiger partial charge in [-0.25, -0.2) is 19.2 Å². The Morgan fingerprint density at radius 1 is 0.533 bits per heavy atom. The molecule has 30 heavy (non-hydrogen) atoms. The third kappa shape index (κ3) is 4.02. The average molecular weight is 416 g/mol. The Morgan fingerprint density at radius 3 is 0.900 bits per heavy atom. The molecule has 0 aliphatic carbocycles. The van der Waals surface area contributed by atoms with E-state index in [1.54, 1.807) is 0 Å². The fraction of sp³-hybridized carbons (Fsp3) is 0.200. The topological polar surface area (TPSA) is 157 Å². The Labute approximate surface area is 171 Å². The Bertz CT molecular complexity index is 888. The summed E-state index contributed by atoms with van der Waals surface area (Å²) in [5, 5.41) is 0. The van der Waals surface area contributed by atoms with Crippen molar-refractivity contribution in [2.75, 3.05) is 39.9 Å². The summed E-state index contributed by atoms with van der Waals surface area (Å²) >= 11 is 0. The zero-order valence-corrected chi connectivity index (χ0v) is 16.7. The van der Waals surface area contributed by atoms with Crippen LogP contribution < -0.4 is 11.5 Å². The van der Waals surface area contributed by atoms with Crippen molar-refractivity contribution >= 4 is 35.3 Å². The highest BCUT2D eigenvalue weighted by Crippen LogP contribution is 2.38. The number of methoxy groups -OCH3 is 4. The first-order valence-corrected chi connectivity index (χ1v) is 8.40. The quantitative estimate of drug-likeness (QED) is 0.417. The zero-order valence-electron chi connectivity index (χ0n) is 16.7. The highest BCUT2D eigenvalue weighted by Gasteiger charge is 2.31. The second kappa shape index (κ2) is 8.95. The van der Waals surface area contributed by atoms with E-state index >= 15 is 0 Å². The van der Waals surface area contributed by atoms with E-state index in [-0.39, 0.29) is 44.8 Å². The van der Waals surface area contributed by atoms with Crippen molar-refractivity contribution in [3.05, 3.63) is 46.5 Å². The van der Waals surface area contributed by atoms with Crippen LogP contribution in [0, 0.1) is 0 Å². The molecule has 0 unspecified atom stereocenters. The van der Waals surface area contributed by atoms with Crippen LogP contribution in [0.5, 0.6) is 0 Å². The van der Waals surface area contributed by atoms with Gasteiger partial charge in [-0.05, 0) is 24.3 Å². The molecule has 0 aliphatic rings. The van der Waals surface area contributed by atoms with Gasteiger partial charge in [0, 0.05) is 22.5 Å². The van der Waals surface area contributed by atoms with Crippen molar-refractivity contribution in [3.63, 3.8) is 0 Å². The van der Waals surface area contributed by atoms with E-state index in [0.29, 0.717) is 0 Å². The molecule has 0 saturated carbocycles. The van der Waals surface area contributed by atoms with Gasteiger partial charge < -0.3 is 30.4 Å². The van der Waals surface area contributed by atoms with Crippen LogP contribution >= 0.6 is 0 Å². The third-order valence-corrected chi connectivity index (χ3v) is 4.19. The molecule has 0 aromatic heterocycles. The van der Waals surface area contributed by atoms with Crippen molar-refractivity contribution < 1.29 is 38.1 Å². The number of ether oxygens (including phenoxy) is 4. The van der Waals surface area contributed by atoms with E-state index in [4.69, 9.17) is 30.4 Å². The lowest BCUT2D eigenvalue weighted by Gasteiger charge is -2.19. The molecule has 2 rings (SSSR count). The van der Waals surface area contributed by atoms with Gasteiger partial charge in [0.05, 0.1) is 50.7 Å². The van der Waals surface area contributed by atoms with Crippen LogP contribution in [0.15, 0.2) is 24.3 Å². The smallest absolute Gasteiger partial charge is 0.338 e. The minimum Gasteiger partial charge on any atom is -0.465 e. The molecule has 0 spiro atoms. The minimum atomic E-state index is -0.870. The number of carbonyl (C=O) groups is 4. The number of carbonyl (C=O) groups excluding carboxylic acids is 4. The first-order chi connectivity index (χ1) is 14.2. The molecule has 2 aromatic carbocycles. The van der Waals surface area contributed by atoms with Crippen LogP contribution in [0.25, 0.3) is 11.1 Å². The second-order valence-corrected chi connectivity index (χ2v) is 5.95. The maximum atomic E-state index is 12.5. The second-order valence-electron chi connectivity index (χ2n) is 5.95. The van der Waals surface area contributed by atoms with E-state index in [1.807, 2.05) is 0 Å². The van der Waals surface area contributed by atoms with E-state index in [0.717, 1.165) is 28.4 Å². The normalized spacial score (nSPS) is 10.1. The summed E-state index contributed by atoms with van der Waals surface area (Å²) in [7, 11) is 4.49. The predicted octanol–water partition coefficient (Wildman–Crippen LogP) is 1.66. The van der Waals surface area contributed by atoms with Crippen molar-refractivity contribution in [2.24, 2.45) is 0 Å². The van der Waals surface area contributed by atoms with E-state index in [2.05, 4.69) is 0 Å². The maximum absolute atomic E-state index is 12.5. The van der Waals surface area contributed by atoms with Crippen LogP contribution in [0.4, 0.5) is 11.4 Å². The molecular formula is C20H20N2O8. The Kier molecular flexibility index (Phi) is 6.62. The minimum absolute atomic E-state index is 0.0502. The summed E-state index contributed by atoms with van der Waals surface area (Å²) in [6.07, 6.45) is 0. The first kappa shape index (κ1) is 22.2. The van der Waals surface area contributed by atoms with Crippen LogP contribution in [0.2, 0.25) is 0 Å². The van der Waals surface area contributed by atoms with Gasteiger partial charge in [-0.3, -0.25) is 0 Å². The molecule has 0 amide bonds. The van der Waals surface area contributed by atoms with Crippen LogP contribution in [0.1, 0.15) is 41.4 Å². The summed E-state index contributed by atoms with van der Waals surface area (Å²) in [4.78, 5) is 50.0. The first-order valence-electron chi connectivity index (χ1n) is 8.40. The lowest BCUT2D eigenvalue weighted by molar-refractivity contribution is 0.0578. The van der Waals surface area contributed by atoms with Gasteiger partial charge in [-0.1, -0.05) is 0 Å². The molecule has 10 nitrogen and oxygen atoms in total. The number of anilines is 2. The Balaban J connectivity index is 3.16. The van der Waals surface area contributed by atoms with Crippen molar-refractivity contribution in [2.45, 2.75) is 0 Å². The molecule has 0 bridgehead atoms. The molecule has 0 aliphatic heterocycles. The Hall–Kier alpha value is -4.08. The standard InChI is InChI=1S/C20H20N2O8/c1-27-17(23)11-5-9(21)6-12(18(24)28-2)15(11)16-13(19(25)29-3)7-10(22)8-14(16)20(26)30-4/h5-8H,21-22H2,1-4H3. The number of rotatable bonds is 5. The van der Waals surface area contributed by atoms with E-state index in [9.17, 15) is 19.2 Å². The number of nitrogen functional groups attached to an aromatic ring is 2. The molecule has 0 radical (unpaired) electrons. The van der Waals surface area contributed by atoms with Crippen LogP contribution in [-0.2, 0) is 18.9 Å². The van der Waals surface area contributed by atoms with Gasteiger partial charge in [-0.15, -0.1) is 0 Å². The number of benzene rings is 2. The number of hydrogen-bond acceptors (Lipinski definition) is 10. The van der Waals surface area contributed by atoms with Crippen molar-refractivity contribution in [3.8, 4) is 11.1 Å². The molecule has 2 aromatic rings. The van der Waals surface area contributed by atoms with Crippen molar-refractivity contribution in [1.82, 2.24) is 0 Å². The average Bonchev–Trinajstić information content (AvgIpc) is 2.75. The molecular weight excluding hydrogens is 396 g/mol. The lowest BCUT2D eigenvalue weighted by atomic mass is 9.86. The number of esters is 4. The largest absolute Gasteiger partial charge is 0.465 e. The maximum Gasteiger partial charge on any atom is 0.338 e. The molecule has 10 heteroatoms. The molecule has 0 saturated heterocycles. The van der Waals surface area contributed by atoms with E-state index < -0.39 is 23.9 Å². The fourth-order valence-electron chi connectivity index (χ4n) is 2.95. The number of hydrogen-bond donors (Lipinski definition) is 2. The third-order valence-electron chi connectivity index (χ3n) is 4.19. The van der Waals surface area contributed by atoms with Gasteiger partial charge in [-0.2, -0.15) is 0 Å². The Morgan fingerprint density at radius 2 is 0.733 bits per heavy atom. The van der Waals surface area contributed by atoms with Gasteiger partial charge in [0.1, 0.15) is 0 Å². The highest BCUT2D eigenvalue weighted by atomic mass is 16.5. The van der Waals surface area contributed by atoms with Gasteiger partial charge in [0.2, 0.25) is 0 Å². The SMILES string of the molecule is COC(=O)c1cc(N)cc(C(=O)OC)c1-c1c(C(=O)OC)cc(N)cc1C(=O)OC. The summed E-state index contributed by atoms with van der Waals surface area (Å²) < 4.78 is 19.2.